The van der Waals surface area contributed by atoms with Crippen LogP contribution >= 0.6 is 0 Å². The van der Waals surface area contributed by atoms with E-state index in [-0.39, 0.29) is 35.9 Å². The first-order valence-electron chi connectivity index (χ1n) is 9.49. The van der Waals surface area contributed by atoms with Gasteiger partial charge in [0.1, 0.15) is 0 Å². The second kappa shape index (κ2) is 7.47. The monoisotopic (exact) mass is 362 g/mol. The van der Waals surface area contributed by atoms with Gasteiger partial charge in [0.15, 0.2) is 18.2 Å². The molecule has 0 N–H and O–H groups in total. The molecule has 0 saturated heterocycles. The summed E-state index contributed by atoms with van der Waals surface area (Å²) in [7, 11) is 0. The molecule has 138 valence electrons. The Balaban J connectivity index is 1.47. The lowest BCUT2D eigenvalue weighted by Crippen LogP contribution is -2.36. The highest BCUT2D eigenvalue weighted by Crippen LogP contribution is 2.53. The minimum absolute atomic E-state index is 0.0270. The number of carbonyl (C=O) groups is 3. The SMILES string of the molecule is O=C(COC(=O)[C@@H]1[C@H]2CC[C@@H](C2)[C@@H]1C(=O)c1ccccc1)c1ccccc1. The molecule has 0 radical (unpaired) electrons. The van der Waals surface area contributed by atoms with E-state index in [9.17, 15) is 14.4 Å². The highest BCUT2D eigenvalue weighted by atomic mass is 16.5. The molecule has 0 unspecified atom stereocenters. The van der Waals surface area contributed by atoms with E-state index in [1.807, 2.05) is 24.3 Å². The Morgan fingerprint density at radius 2 is 1.33 bits per heavy atom. The van der Waals surface area contributed by atoms with E-state index < -0.39 is 11.9 Å². The normalized spacial score (nSPS) is 25.9. The third kappa shape index (κ3) is 3.44. The van der Waals surface area contributed by atoms with Gasteiger partial charge in [-0.15, -0.1) is 0 Å². The summed E-state index contributed by atoms with van der Waals surface area (Å²) in [5, 5.41) is 0. The Morgan fingerprint density at radius 3 is 1.96 bits per heavy atom. The van der Waals surface area contributed by atoms with E-state index in [0.717, 1.165) is 19.3 Å². The van der Waals surface area contributed by atoms with Gasteiger partial charge in [-0.3, -0.25) is 14.4 Å². The van der Waals surface area contributed by atoms with Crippen LogP contribution < -0.4 is 0 Å². The van der Waals surface area contributed by atoms with Gasteiger partial charge in [-0.1, -0.05) is 60.7 Å². The molecule has 2 aromatic carbocycles. The Bertz CT molecular complexity index is 843. The largest absolute Gasteiger partial charge is 0.457 e. The van der Waals surface area contributed by atoms with Gasteiger partial charge in [-0.25, -0.2) is 0 Å². The molecule has 4 atom stereocenters. The zero-order valence-electron chi connectivity index (χ0n) is 15.0. The van der Waals surface area contributed by atoms with Crippen LogP contribution in [0.2, 0.25) is 0 Å². The maximum absolute atomic E-state index is 13.0. The molecule has 2 bridgehead atoms. The molecule has 4 nitrogen and oxygen atoms in total. The first-order chi connectivity index (χ1) is 13.1. The summed E-state index contributed by atoms with van der Waals surface area (Å²) < 4.78 is 5.37. The van der Waals surface area contributed by atoms with Crippen LogP contribution in [0.4, 0.5) is 0 Å². The summed E-state index contributed by atoms with van der Waals surface area (Å²) in [5.41, 5.74) is 1.17. The molecule has 2 saturated carbocycles. The van der Waals surface area contributed by atoms with E-state index in [0.29, 0.717) is 11.1 Å². The number of ether oxygens (including phenoxy) is 1. The Morgan fingerprint density at radius 1 is 0.778 bits per heavy atom. The average Bonchev–Trinajstić information content (AvgIpc) is 3.34. The summed E-state index contributed by atoms with van der Waals surface area (Å²) in [6.07, 6.45) is 2.84. The van der Waals surface area contributed by atoms with Crippen LogP contribution in [0.25, 0.3) is 0 Å². The van der Waals surface area contributed by atoms with E-state index in [1.165, 1.54) is 0 Å². The minimum Gasteiger partial charge on any atom is -0.457 e. The quantitative estimate of drug-likeness (QED) is 0.576. The molecule has 0 aliphatic heterocycles. The van der Waals surface area contributed by atoms with Crippen LogP contribution in [-0.4, -0.2) is 24.1 Å². The van der Waals surface area contributed by atoms with Crippen molar-refractivity contribution in [2.24, 2.45) is 23.7 Å². The topological polar surface area (TPSA) is 60.4 Å². The number of benzene rings is 2. The van der Waals surface area contributed by atoms with E-state index in [4.69, 9.17) is 4.74 Å². The van der Waals surface area contributed by atoms with E-state index in [2.05, 4.69) is 0 Å². The van der Waals surface area contributed by atoms with Gasteiger partial charge < -0.3 is 4.74 Å². The molecule has 4 rings (SSSR count). The third-order valence-corrected chi connectivity index (χ3v) is 5.99. The van der Waals surface area contributed by atoms with Crippen LogP contribution in [0.15, 0.2) is 60.7 Å². The highest BCUT2D eigenvalue weighted by molar-refractivity contribution is 6.01. The number of Topliss-reactive ketones (excluding diaryl/α,β-unsaturated/α-hetero) is 2. The molecule has 2 aliphatic carbocycles. The predicted molar refractivity (Wildman–Crippen MR) is 100 cm³/mol. The lowest BCUT2D eigenvalue weighted by molar-refractivity contribution is -0.150. The standard InChI is InChI=1S/C23H22O4/c24-19(15-7-3-1-4-8-15)14-27-23(26)21-18-12-11-17(13-18)20(21)22(25)16-9-5-2-6-10-16/h1-10,17-18,20-21H,11-14H2/t17-,18-,20-,21+/m0/s1. The Hall–Kier alpha value is -2.75. The van der Waals surface area contributed by atoms with Crippen LogP contribution in [0, 0.1) is 23.7 Å². The number of hydrogen-bond donors (Lipinski definition) is 0. The molecule has 4 heteroatoms. The molecule has 2 aliphatic rings. The van der Waals surface area contributed by atoms with Crippen LogP contribution in [0.1, 0.15) is 40.0 Å². The van der Waals surface area contributed by atoms with Crippen molar-refractivity contribution < 1.29 is 19.1 Å². The van der Waals surface area contributed by atoms with Gasteiger partial charge in [-0.2, -0.15) is 0 Å². The van der Waals surface area contributed by atoms with Gasteiger partial charge in [0.05, 0.1) is 5.92 Å². The van der Waals surface area contributed by atoms with Gasteiger partial charge in [0.2, 0.25) is 0 Å². The van der Waals surface area contributed by atoms with Crippen molar-refractivity contribution >= 4 is 17.5 Å². The van der Waals surface area contributed by atoms with Crippen molar-refractivity contribution in [3.05, 3.63) is 71.8 Å². The maximum atomic E-state index is 13.0. The minimum atomic E-state index is -0.431. The lowest BCUT2D eigenvalue weighted by atomic mass is 9.75. The average molecular weight is 362 g/mol. The zero-order valence-corrected chi connectivity index (χ0v) is 15.0. The van der Waals surface area contributed by atoms with Gasteiger partial charge in [-0.05, 0) is 31.1 Å². The molecule has 0 spiro atoms. The van der Waals surface area contributed by atoms with Crippen LogP contribution in [0.3, 0.4) is 0 Å². The second-order valence-corrected chi connectivity index (χ2v) is 7.51. The van der Waals surface area contributed by atoms with Gasteiger partial charge in [0, 0.05) is 17.0 Å². The van der Waals surface area contributed by atoms with Gasteiger partial charge >= 0.3 is 5.97 Å². The number of esters is 1. The maximum Gasteiger partial charge on any atom is 0.310 e. The molecule has 2 fully saturated rings. The van der Waals surface area contributed by atoms with Crippen molar-refractivity contribution in [1.29, 1.82) is 0 Å². The molecule has 0 heterocycles. The van der Waals surface area contributed by atoms with Crippen molar-refractivity contribution in [3.8, 4) is 0 Å². The number of hydrogen-bond acceptors (Lipinski definition) is 4. The number of fused-ring (bicyclic) bond motifs is 2. The van der Waals surface area contributed by atoms with Crippen molar-refractivity contribution in [1.82, 2.24) is 0 Å². The first-order valence-corrected chi connectivity index (χ1v) is 9.49. The van der Waals surface area contributed by atoms with Crippen LogP contribution in [-0.2, 0) is 9.53 Å². The smallest absolute Gasteiger partial charge is 0.310 e. The zero-order chi connectivity index (χ0) is 18.8. The summed E-state index contributed by atoms with van der Waals surface area (Å²) in [6, 6.07) is 17.9. The number of carbonyl (C=O) groups excluding carboxylic acids is 3. The first kappa shape index (κ1) is 17.7. The summed E-state index contributed by atoms with van der Waals surface area (Å²) in [6.45, 7) is -0.275. The predicted octanol–water partition coefficient (Wildman–Crippen LogP) is 3.96. The van der Waals surface area contributed by atoms with E-state index in [1.54, 1.807) is 36.4 Å². The fourth-order valence-electron chi connectivity index (χ4n) is 4.74. The molecule has 0 amide bonds. The fraction of sp³-hybridized carbons (Fsp3) is 0.348. The highest BCUT2D eigenvalue weighted by Gasteiger charge is 2.54. The second-order valence-electron chi connectivity index (χ2n) is 7.51. The summed E-state index contributed by atoms with van der Waals surface area (Å²) in [5.74, 6) is -0.930. The van der Waals surface area contributed by atoms with E-state index >= 15 is 0 Å². The van der Waals surface area contributed by atoms with Crippen molar-refractivity contribution in [2.75, 3.05) is 6.61 Å². The Kier molecular flexibility index (Phi) is 4.88. The number of ketones is 2. The van der Waals surface area contributed by atoms with Crippen molar-refractivity contribution in [2.45, 2.75) is 19.3 Å². The molecule has 27 heavy (non-hydrogen) atoms. The van der Waals surface area contributed by atoms with Crippen molar-refractivity contribution in [3.63, 3.8) is 0 Å². The fourth-order valence-corrected chi connectivity index (χ4v) is 4.74. The third-order valence-electron chi connectivity index (χ3n) is 5.99. The van der Waals surface area contributed by atoms with Crippen LogP contribution in [0.5, 0.6) is 0 Å². The molecule has 2 aromatic rings. The summed E-state index contributed by atoms with van der Waals surface area (Å²) in [4.78, 5) is 38.0. The summed E-state index contributed by atoms with van der Waals surface area (Å²) >= 11 is 0. The molecular weight excluding hydrogens is 340 g/mol. The lowest BCUT2D eigenvalue weighted by Gasteiger charge is -2.28. The Labute approximate surface area is 158 Å². The molecule has 0 aromatic heterocycles. The molecular formula is C23H22O4. The number of rotatable bonds is 6. The van der Waals surface area contributed by atoms with Gasteiger partial charge in [0.25, 0.3) is 0 Å².